The Balaban J connectivity index is 2.21. The average Bonchev–Trinajstić information content (AvgIpc) is 2.68. The van der Waals surface area contributed by atoms with E-state index in [1.54, 1.807) is 0 Å². The third-order valence-electron chi connectivity index (χ3n) is 2.81. The molecule has 0 aliphatic carbocycles. The predicted octanol–water partition coefficient (Wildman–Crippen LogP) is 2.73. The third kappa shape index (κ3) is 3.16. The second-order valence-corrected chi connectivity index (χ2v) is 4.72. The van der Waals surface area contributed by atoms with Crippen molar-refractivity contribution in [2.45, 2.75) is 33.7 Å². The largest absolute Gasteiger partial charge is 0.361 e. The fourth-order valence-corrected chi connectivity index (χ4v) is 2.19. The highest BCUT2D eigenvalue weighted by atomic mass is 35.5. The van der Waals surface area contributed by atoms with Crippen LogP contribution in [0.5, 0.6) is 0 Å². The molecule has 0 amide bonds. The van der Waals surface area contributed by atoms with Crippen molar-refractivity contribution in [3.05, 3.63) is 22.3 Å². The molecule has 1 unspecified atom stereocenters. The van der Waals surface area contributed by atoms with Crippen molar-refractivity contribution in [3.63, 3.8) is 0 Å². The summed E-state index contributed by atoms with van der Waals surface area (Å²) < 4.78 is 5.16. The molecule has 108 valence electrons. The zero-order valence-corrected chi connectivity index (χ0v) is 12.6. The van der Waals surface area contributed by atoms with Crippen LogP contribution < -0.4 is 10.6 Å². The van der Waals surface area contributed by atoms with E-state index in [1.165, 1.54) is 0 Å². The molecular formula is C12H17ClN6O. The molecule has 2 aromatic rings. The van der Waals surface area contributed by atoms with E-state index in [0.29, 0.717) is 18.4 Å². The average molecular weight is 297 g/mol. The van der Waals surface area contributed by atoms with Crippen LogP contribution in [0.3, 0.4) is 0 Å². The normalized spacial score (nSPS) is 12.2. The predicted molar refractivity (Wildman–Crippen MR) is 77.0 cm³/mol. The van der Waals surface area contributed by atoms with Gasteiger partial charge in [0.2, 0.25) is 17.2 Å². The van der Waals surface area contributed by atoms with E-state index in [4.69, 9.17) is 16.1 Å². The van der Waals surface area contributed by atoms with Gasteiger partial charge in [0.15, 0.2) is 0 Å². The van der Waals surface area contributed by atoms with Gasteiger partial charge < -0.3 is 15.2 Å². The van der Waals surface area contributed by atoms with Gasteiger partial charge in [0.1, 0.15) is 5.76 Å². The number of hydrogen-bond donors (Lipinski definition) is 2. The maximum Gasteiger partial charge on any atom is 0.229 e. The highest BCUT2D eigenvalue weighted by Gasteiger charge is 2.17. The minimum absolute atomic E-state index is 0.0470. The molecule has 2 rings (SSSR count). The molecule has 0 saturated carbocycles. The van der Waals surface area contributed by atoms with Crippen LogP contribution in [0.15, 0.2) is 4.52 Å². The molecule has 2 aromatic heterocycles. The lowest BCUT2D eigenvalue weighted by atomic mass is 10.1. The van der Waals surface area contributed by atoms with Crippen molar-refractivity contribution in [3.8, 4) is 0 Å². The molecule has 0 saturated heterocycles. The lowest BCUT2D eigenvalue weighted by Gasteiger charge is -2.14. The lowest BCUT2D eigenvalue weighted by Crippen LogP contribution is -2.13. The number of aryl methyl sites for hydroxylation is 2. The van der Waals surface area contributed by atoms with Gasteiger partial charge in [-0.3, -0.25) is 0 Å². The lowest BCUT2D eigenvalue weighted by molar-refractivity contribution is 0.392. The van der Waals surface area contributed by atoms with Gasteiger partial charge in [0.25, 0.3) is 0 Å². The summed E-state index contributed by atoms with van der Waals surface area (Å²) in [5.41, 5.74) is 1.83. The summed E-state index contributed by atoms with van der Waals surface area (Å²) in [7, 11) is 0. The van der Waals surface area contributed by atoms with Crippen molar-refractivity contribution in [1.29, 1.82) is 0 Å². The van der Waals surface area contributed by atoms with E-state index in [0.717, 1.165) is 17.0 Å². The van der Waals surface area contributed by atoms with E-state index < -0.39 is 0 Å². The van der Waals surface area contributed by atoms with Gasteiger partial charge >= 0.3 is 0 Å². The van der Waals surface area contributed by atoms with Crippen LogP contribution >= 0.6 is 11.6 Å². The summed E-state index contributed by atoms with van der Waals surface area (Å²) in [6.45, 7) is 8.42. The number of halogens is 1. The van der Waals surface area contributed by atoms with Crippen LogP contribution in [0, 0.1) is 13.8 Å². The van der Waals surface area contributed by atoms with E-state index in [2.05, 4.69) is 30.7 Å². The maximum atomic E-state index is 5.88. The molecule has 0 radical (unpaired) electrons. The van der Waals surface area contributed by atoms with Crippen molar-refractivity contribution in [1.82, 2.24) is 20.1 Å². The Morgan fingerprint density at radius 1 is 1.20 bits per heavy atom. The van der Waals surface area contributed by atoms with E-state index in [-0.39, 0.29) is 11.3 Å². The van der Waals surface area contributed by atoms with Crippen molar-refractivity contribution < 1.29 is 4.52 Å². The van der Waals surface area contributed by atoms with Crippen molar-refractivity contribution >= 4 is 23.5 Å². The Kier molecular flexibility index (Phi) is 4.39. The summed E-state index contributed by atoms with van der Waals surface area (Å²) in [5, 5.41) is 10.3. The Morgan fingerprint density at radius 3 is 2.50 bits per heavy atom. The van der Waals surface area contributed by atoms with Crippen LogP contribution in [0.1, 0.15) is 36.9 Å². The van der Waals surface area contributed by atoms with Gasteiger partial charge in [-0.1, -0.05) is 5.16 Å². The van der Waals surface area contributed by atoms with Gasteiger partial charge in [-0.2, -0.15) is 15.0 Å². The molecule has 2 heterocycles. The second-order valence-electron chi connectivity index (χ2n) is 4.39. The second kappa shape index (κ2) is 6.04. The zero-order valence-electron chi connectivity index (χ0n) is 11.9. The first-order valence-electron chi connectivity index (χ1n) is 6.36. The molecule has 0 bridgehead atoms. The smallest absolute Gasteiger partial charge is 0.229 e. The van der Waals surface area contributed by atoms with Crippen LogP contribution in [-0.2, 0) is 0 Å². The number of anilines is 2. The molecule has 20 heavy (non-hydrogen) atoms. The summed E-state index contributed by atoms with van der Waals surface area (Å²) in [5.74, 6) is 1.63. The van der Waals surface area contributed by atoms with E-state index >= 15 is 0 Å². The Hall–Kier alpha value is -1.89. The Labute approximate surface area is 122 Å². The number of aromatic nitrogens is 4. The molecule has 0 aliphatic heterocycles. The van der Waals surface area contributed by atoms with Gasteiger partial charge in [-0.15, -0.1) is 0 Å². The van der Waals surface area contributed by atoms with Gasteiger partial charge in [0.05, 0.1) is 11.7 Å². The first kappa shape index (κ1) is 14.5. The molecule has 7 nitrogen and oxygen atoms in total. The topological polar surface area (TPSA) is 88.8 Å². The molecule has 8 heteroatoms. The van der Waals surface area contributed by atoms with E-state index in [9.17, 15) is 0 Å². The molecular weight excluding hydrogens is 280 g/mol. The first-order chi connectivity index (χ1) is 9.51. The molecule has 1 atom stereocenters. The molecule has 0 spiro atoms. The highest BCUT2D eigenvalue weighted by Crippen LogP contribution is 2.24. The summed E-state index contributed by atoms with van der Waals surface area (Å²) in [6.07, 6.45) is 0. The maximum absolute atomic E-state index is 5.88. The van der Waals surface area contributed by atoms with Gasteiger partial charge in [-0.05, 0) is 39.3 Å². The molecule has 0 aromatic carbocycles. The number of nitrogens with zero attached hydrogens (tertiary/aromatic N) is 4. The summed E-state index contributed by atoms with van der Waals surface area (Å²) in [4.78, 5) is 12.3. The van der Waals surface area contributed by atoms with Crippen molar-refractivity contribution in [2.75, 3.05) is 17.2 Å². The monoisotopic (exact) mass is 296 g/mol. The minimum Gasteiger partial charge on any atom is -0.361 e. The van der Waals surface area contributed by atoms with E-state index in [1.807, 2.05) is 27.7 Å². The number of rotatable bonds is 5. The number of nitrogens with one attached hydrogen (secondary N) is 2. The summed E-state index contributed by atoms with van der Waals surface area (Å²) in [6, 6.07) is -0.0470. The molecule has 0 fully saturated rings. The minimum atomic E-state index is -0.0470. The zero-order chi connectivity index (χ0) is 14.7. The van der Waals surface area contributed by atoms with Crippen LogP contribution in [0.2, 0.25) is 5.28 Å². The van der Waals surface area contributed by atoms with Gasteiger partial charge in [0, 0.05) is 12.1 Å². The SMILES string of the molecule is CCNc1nc(Cl)nc(NC(C)c2c(C)noc2C)n1. The first-order valence-corrected chi connectivity index (χ1v) is 6.73. The Morgan fingerprint density at radius 2 is 1.90 bits per heavy atom. The fraction of sp³-hybridized carbons (Fsp3) is 0.500. The fourth-order valence-electron chi connectivity index (χ4n) is 2.03. The van der Waals surface area contributed by atoms with Gasteiger partial charge in [-0.25, -0.2) is 0 Å². The third-order valence-corrected chi connectivity index (χ3v) is 2.98. The molecule has 2 N–H and O–H groups in total. The highest BCUT2D eigenvalue weighted by molar-refractivity contribution is 6.28. The standard InChI is InChI=1S/C12H17ClN6O/c1-5-14-11-16-10(13)17-12(18-11)15-6(2)9-7(3)19-20-8(9)4/h6H,5H2,1-4H3,(H2,14,15,16,17,18). The molecule has 0 aliphatic rings. The number of hydrogen-bond acceptors (Lipinski definition) is 7. The summed E-state index contributed by atoms with van der Waals surface area (Å²) >= 11 is 5.88. The van der Waals surface area contributed by atoms with Crippen LogP contribution in [0.4, 0.5) is 11.9 Å². The Bertz CT molecular complexity index is 580. The van der Waals surface area contributed by atoms with Crippen LogP contribution in [-0.4, -0.2) is 26.7 Å². The quantitative estimate of drug-likeness (QED) is 0.877. The van der Waals surface area contributed by atoms with Crippen LogP contribution in [0.25, 0.3) is 0 Å². The van der Waals surface area contributed by atoms with Crippen molar-refractivity contribution in [2.24, 2.45) is 0 Å².